The van der Waals surface area contributed by atoms with Gasteiger partial charge in [0.15, 0.2) is 11.5 Å². The largest absolute Gasteiger partial charge is 0.454 e. The molecule has 0 radical (unpaired) electrons. The van der Waals surface area contributed by atoms with Crippen LogP contribution < -0.4 is 14.8 Å². The van der Waals surface area contributed by atoms with Crippen LogP contribution in [-0.4, -0.2) is 36.1 Å². The fourth-order valence-electron chi connectivity index (χ4n) is 3.52. The molecule has 2 amide bonds. The van der Waals surface area contributed by atoms with Crippen molar-refractivity contribution < 1.29 is 19.1 Å². The summed E-state index contributed by atoms with van der Waals surface area (Å²) in [4.78, 5) is 27.2. The summed E-state index contributed by atoms with van der Waals surface area (Å²) in [5.74, 6) is 0.976. The molecule has 0 aliphatic carbocycles. The van der Waals surface area contributed by atoms with E-state index < -0.39 is 6.04 Å². The maximum absolute atomic E-state index is 12.8. The number of carbonyl (C=O) groups is 2. The molecule has 1 atom stereocenters. The van der Waals surface area contributed by atoms with Gasteiger partial charge >= 0.3 is 0 Å². The summed E-state index contributed by atoms with van der Waals surface area (Å²) in [7, 11) is 0. The summed E-state index contributed by atoms with van der Waals surface area (Å²) in [6, 6.07) is 9.76. The lowest BCUT2D eigenvalue weighted by molar-refractivity contribution is -0.136. The minimum Gasteiger partial charge on any atom is -0.454 e. The number of anilines is 1. The third kappa shape index (κ3) is 4.03. The topological polar surface area (TPSA) is 67.9 Å². The molecule has 0 aromatic heterocycles. The third-order valence-electron chi connectivity index (χ3n) is 4.80. The van der Waals surface area contributed by atoms with Gasteiger partial charge in [-0.3, -0.25) is 9.59 Å². The predicted octanol–water partition coefficient (Wildman–Crippen LogP) is 3.89. The first-order chi connectivity index (χ1) is 13.5. The number of amides is 2. The zero-order chi connectivity index (χ0) is 19.7. The Balaban J connectivity index is 1.43. The van der Waals surface area contributed by atoms with E-state index in [1.165, 1.54) is 0 Å². The smallest absolute Gasteiger partial charge is 0.247 e. The average Bonchev–Trinajstić information content (AvgIpc) is 3.29. The number of nitrogens with zero attached hydrogens (tertiary/aromatic N) is 1. The van der Waals surface area contributed by atoms with Gasteiger partial charge in [-0.2, -0.15) is 0 Å². The molecule has 0 spiro atoms. The van der Waals surface area contributed by atoms with Crippen molar-refractivity contribution in [2.45, 2.75) is 25.3 Å². The minimum absolute atomic E-state index is 0.0966. The third-order valence-corrected chi connectivity index (χ3v) is 5.23. The Labute approximate surface area is 172 Å². The molecule has 28 heavy (non-hydrogen) atoms. The van der Waals surface area contributed by atoms with Crippen molar-refractivity contribution in [1.29, 1.82) is 0 Å². The van der Waals surface area contributed by atoms with E-state index >= 15 is 0 Å². The molecule has 2 aromatic rings. The van der Waals surface area contributed by atoms with E-state index in [9.17, 15) is 9.59 Å². The van der Waals surface area contributed by atoms with Gasteiger partial charge in [-0.05, 0) is 48.7 Å². The average molecular weight is 421 g/mol. The monoisotopic (exact) mass is 420 g/mol. The number of ether oxygens (including phenoxy) is 2. The fraction of sp³-hybridized carbons (Fsp3) is 0.300. The van der Waals surface area contributed by atoms with Crippen LogP contribution in [0.3, 0.4) is 0 Å². The fourth-order valence-corrected chi connectivity index (χ4v) is 4.04. The van der Waals surface area contributed by atoms with Gasteiger partial charge in [0, 0.05) is 22.3 Å². The highest BCUT2D eigenvalue weighted by Crippen LogP contribution is 2.33. The summed E-state index contributed by atoms with van der Waals surface area (Å²) >= 11 is 12.0. The molecule has 4 rings (SSSR count). The number of hydrogen-bond donors (Lipinski definition) is 1. The highest BCUT2D eigenvalue weighted by molar-refractivity contribution is 6.35. The van der Waals surface area contributed by atoms with Crippen LogP contribution in [-0.2, 0) is 16.0 Å². The molecule has 8 heteroatoms. The Kier molecular flexibility index (Phi) is 5.33. The summed E-state index contributed by atoms with van der Waals surface area (Å²) in [5.41, 5.74) is 1.33. The molecule has 0 unspecified atom stereocenters. The van der Waals surface area contributed by atoms with Gasteiger partial charge in [0.05, 0.1) is 6.42 Å². The van der Waals surface area contributed by atoms with Crippen LogP contribution in [0.15, 0.2) is 36.4 Å². The molecule has 0 bridgehead atoms. The molecule has 2 heterocycles. The number of halogens is 2. The van der Waals surface area contributed by atoms with Gasteiger partial charge in [-0.1, -0.05) is 29.3 Å². The van der Waals surface area contributed by atoms with Gasteiger partial charge in [-0.15, -0.1) is 0 Å². The summed E-state index contributed by atoms with van der Waals surface area (Å²) in [6.45, 7) is 0.742. The van der Waals surface area contributed by atoms with Gasteiger partial charge in [-0.25, -0.2) is 0 Å². The van der Waals surface area contributed by atoms with Gasteiger partial charge in [0.2, 0.25) is 18.6 Å². The highest BCUT2D eigenvalue weighted by Gasteiger charge is 2.34. The molecule has 6 nitrogen and oxygen atoms in total. The molecule has 2 aliphatic heterocycles. The van der Waals surface area contributed by atoms with E-state index in [0.717, 1.165) is 12.0 Å². The first-order valence-corrected chi connectivity index (χ1v) is 9.70. The molecule has 1 N–H and O–H groups in total. The Morgan fingerprint density at radius 1 is 1.07 bits per heavy atom. The lowest BCUT2D eigenvalue weighted by atomic mass is 10.1. The zero-order valence-electron chi connectivity index (χ0n) is 14.9. The van der Waals surface area contributed by atoms with Crippen molar-refractivity contribution >= 4 is 40.7 Å². The number of fused-ring (bicyclic) bond motifs is 1. The van der Waals surface area contributed by atoms with Crippen LogP contribution in [0.5, 0.6) is 11.5 Å². The van der Waals surface area contributed by atoms with Crippen LogP contribution in [0.4, 0.5) is 5.69 Å². The molecule has 2 aromatic carbocycles. The van der Waals surface area contributed by atoms with Crippen molar-refractivity contribution in [3.8, 4) is 11.5 Å². The molecular weight excluding hydrogens is 403 g/mol. The minimum atomic E-state index is -0.515. The standard InChI is InChI=1S/C20H18Cl2N2O4/c21-13-8-14(22)10-15(9-13)23-20(26)16-2-1-5-24(16)19(25)7-12-3-4-17-18(6-12)28-11-27-17/h3-4,6,8-10,16H,1-2,5,7,11H2,(H,23,26)/t16-/m1/s1. The second kappa shape index (κ2) is 7.89. The van der Waals surface area contributed by atoms with E-state index in [1.54, 1.807) is 35.2 Å². The SMILES string of the molecule is O=C(Nc1cc(Cl)cc(Cl)c1)[C@H]1CCCN1C(=O)Cc1ccc2c(c1)OCO2. The number of nitrogens with one attached hydrogen (secondary N) is 1. The van der Waals surface area contributed by atoms with Crippen molar-refractivity contribution in [2.24, 2.45) is 0 Å². The van der Waals surface area contributed by atoms with Crippen LogP contribution in [0.25, 0.3) is 0 Å². The van der Waals surface area contributed by atoms with Gasteiger partial charge in [0.1, 0.15) is 6.04 Å². The molecule has 0 saturated carbocycles. The quantitative estimate of drug-likeness (QED) is 0.814. The lowest BCUT2D eigenvalue weighted by Crippen LogP contribution is -2.43. The number of hydrogen-bond acceptors (Lipinski definition) is 4. The Bertz CT molecular complexity index is 914. The van der Waals surface area contributed by atoms with E-state index in [0.29, 0.717) is 40.2 Å². The number of benzene rings is 2. The first kappa shape index (κ1) is 18.9. The molecule has 2 aliphatic rings. The summed E-state index contributed by atoms with van der Waals surface area (Å²) in [6.07, 6.45) is 1.59. The van der Waals surface area contributed by atoms with Crippen molar-refractivity contribution in [2.75, 3.05) is 18.7 Å². The number of rotatable bonds is 4. The zero-order valence-corrected chi connectivity index (χ0v) is 16.4. The summed E-state index contributed by atoms with van der Waals surface area (Å²) < 4.78 is 10.6. The van der Waals surface area contributed by atoms with E-state index in [2.05, 4.69) is 5.32 Å². The lowest BCUT2D eigenvalue weighted by Gasteiger charge is -2.24. The van der Waals surface area contributed by atoms with Crippen LogP contribution >= 0.6 is 23.2 Å². The predicted molar refractivity (Wildman–Crippen MR) is 106 cm³/mol. The molecule has 146 valence electrons. The highest BCUT2D eigenvalue weighted by atomic mass is 35.5. The maximum Gasteiger partial charge on any atom is 0.247 e. The normalized spacial score (nSPS) is 17.6. The van der Waals surface area contributed by atoms with E-state index in [1.807, 2.05) is 6.07 Å². The Hall–Kier alpha value is -2.44. The molecule has 1 fully saturated rings. The number of carbonyl (C=O) groups excluding carboxylic acids is 2. The van der Waals surface area contributed by atoms with E-state index in [-0.39, 0.29) is 25.0 Å². The second-order valence-electron chi connectivity index (χ2n) is 6.76. The van der Waals surface area contributed by atoms with Crippen molar-refractivity contribution in [3.05, 3.63) is 52.0 Å². The van der Waals surface area contributed by atoms with E-state index in [4.69, 9.17) is 32.7 Å². The number of likely N-dealkylation sites (tertiary alicyclic amines) is 1. The second-order valence-corrected chi connectivity index (χ2v) is 7.63. The van der Waals surface area contributed by atoms with Crippen LogP contribution in [0.1, 0.15) is 18.4 Å². The Morgan fingerprint density at radius 2 is 1.82 bits per heavy atom. The van der Waals surface area contributed by atoms with Crippen LogP contribution in [0.2, 0.25) is 10.0 Å². The van der Waals surface area contributed by atoms with Crippen LogP contribution in [0, 0.1) is 0 Å². The van der Waals surface area contributed by atoms with Crippen molar-refractivity contribution in [1.82, 2.24) is 4.90 Å². The van der Waals surface area contributed by atoms with Crippen molar-refractivity contribution in [3.63, 3.8) is 0 Å². The van der Waals surface area contributed by atoms with Gasteiger partial charge < -0.3 is 19.7 Å². The van der Waals surface area contributed by atoms with Gasteiger partial charge in [0.25, 0.3) is 0 Å². The molecule has 1 saturated heterocycles. The Morgan fingerprint density at radius 3 is 2.61 bits per heavy atom. The summed E-state index contributed by atoms with van der Waals surface area (Å²) in [5, 5.41) is 3.68. The molecular formula is C20H18Cl2N2O4. The first-order valence-electron chi connectivity index (χ1n) is 8.94. The maximum atomic E-state index is 12.8.